The van der Waals surface area contributed by atoms with E-state index in [0.29, 0.717) is 0 Å². The molecule has 0 amide bonds. The average molecular weight is 334 g/mol. The molecule has 1 aliphatic rings. The zero-order chi connectivity index (χ0) is 18.1. The minimum atomic E-state index is -2.72. The zero-order valence-electron chi connectivity index (χ0n) is 11.9. The van der Waals surface area contributed by atoms with Crippen molar-refractivity contribution in [1.82, 2.24) is 0 Å². The normalized spacial score (nSPS) is 19.8. The summed E-state index contributed by atoms with van der Waals surface area (Å²) in [6.45, 7) is 0. The molecule has 10 heteroatoms. The Hall–Kier alpha value is -3.56. The first-order chi connectivity index (χ1) is 11.2. The number of hydrogen-bond donors (Lipinski definition) is 2. The van der Waals surface area contributed by atoms with E-state index >= 15 is 0 Å². The van der Waals surface area contributed by atoms with Crippen molar-refractivity contribution in [3.63, 3.8) is 0 Å². The summed E-state index contributed by atoms with van der Waals surface area (Å²) in [7, 11) is 0. The first kappa shape index (κ1) is 16.8. The molecule has 124 valence electrons. The first-order valence-electron chi connectivity index (χ1n) is 6.47. The van der Waals surface area contributed by atoms with Gasteiger partial charge in [-0.2, -0.15) is 0 Å². The molecule has 1 aromatic rings. The van der Waals surface area contributed by atoms with E-state index in [0.717, 1.165) is 24.3 Å². The number of hydrogen-bond acceptors (Lipinski definition) is 6. The van der Waals surface area contributed by atoms with Crippen LogP contribution in [0.1, 0.15) is 22.3 Å². The molecule has 1 atom stereocenters. The molecule has 10 nitrogen and oxygen atoms in total. The number of aromatic carboxylic acids is 1. The van der Waals surface area contributed by atoms with Crippen molar-refractivity contribution in [2.45, 2.75) is 12.0 Å². The Bertz CT molecular complexity index is 793. The maximum atomic E-state index is 11.6. The highest BCUT2D eigenvalue weighted by molar-refractivity contribution is 5.97. The van der Waals surface area contributed by atoms with Crippen LogP contribution in [0, 0.1) is 20.2 Å². The molecule has 24 heavy (non-hydrogen) atoms. The van der Waals surface area contributed by atoms with Crippen LogP contribution in [0.3, 0.4) is 0 Å². The lowest BCUT2D eigenvalue weighted by atomic mass is 9.78. The van der Waals surface area contributed by atoms with Gasteiger partial charge in [0.15, 0.2) is 0 Å². The summed E-state index contributed by atoms with van der Waals surface area (Å²) in [6, 6.07) is 4.78. The minimum absolute atomic E-state index is 0.0845. The first-order valence-corrected chi connectivity index (χ1v) is 6.47. The highest BCUT2D eigenvalue weighted by atomic mass is 16.6. The topological polar surface area (TPSA) is 161 Å². The van der Waals surface area contributed by atoms with Crippen LogP contribution in [0.15, 0.2) is 42.1 Å². The molecule has 2 N–H and O–H groups in total. The van der Waals surface area contributed by atoms with Crippen LogP contribution in [0.5, 0.6) is 0 Å². The second kappa shape index (κ2) is 5.91. The molecular weight excluding hydrogens is 324 g/mol. The Kier molecular flexibility index (Phi) is 4.14. The van der Waals surface area contributed by atoms with Crippen LogP contribution in [0.25, 0.3) is 5.57 Å². The van der Waals surface area contributed by atoms with E-state index in [9.17, 15) is 34.9 Å². The summed E-state index contributed by atoms with van der Waals surface area (Å²) in [6.07, 6.45) is 1.09. The number of carboxylic acids is 2. The lowest BCUT2D eigenvalue weighted by Crippen LogP contribution is -2.49. The SMILES string of the molecule is O=C(O)c1ccc(C2=CC=C([N+](=O)[O-])CC2(C(=O)O)[N+](=O)[O-])cc1. The molecule has 0 heterocycles. The van der Waals surface area contributed by atoms with Crippen molar-refractivity contribution < 1.29 is 29.6 Å². The number of nitrogens with zero attached hydrogens (tertiary/aromatic N) is 2. The van der Waals surface area contributed by atoms with Crippen LogP contribution < -0.4 is 0 Å². The number of carboxylic acid groups (broad SMARTS) is 2. The molecule has 0 spiro atoms. The standard InChI is InChI=1S/C14H10N2O8/c17-12(18)9-3-1-8(2-4-9)11-6-5-10(15(21)22)7-14(11,13(19)20)16(23)24/h1-6H,7H2,(H,17,18)(H,19,20). The van der Waals surface area contributed by atoms with Crippen LogP contribution >= 0.6 is 0 Å². The van der Waals surface area contributed by atoms with E-state index in [1.807, 2.05) is 0 Å². The second-order valence-corrected chi connectivity index (χ2v) is 4.98. The van der Waals surface area contributed by atoms with Gasteiger partial charge in [-0.25, -0.2) is 9.59 Å². The van der Waals surface area contributed by atoms with Crippen molar-refractivity contribution in [3.8, 4) is 0 Å². The molecule has 0 aliphatic heterocycles. The lowest BCUT2D eigenvalue weighted by molar-refractivity contribution is -0.544. The van der Waals surface area contributed by atoms with E-state index in [2.05, 4.69) is 0 Å². The Morgan fingerprint density at radius 2 is 1.62 bits per heavy atom. The number of aliphatic carboxylic acids is 1. The summed E-state index contributed by atoms with van der Waals surface area (Å²) in [5, 5.41) is 40.6. The predicted octanol–water partition coefficient (Wildman–Crippen LogP) is 1.43. The summed E-state index contributed by atoms with van der Waals surface area (Å²) in [4.78, 5) is 42.9. The third-order valence-corrected chi connectivity index (χ3v) is 3.67. The fourth-order valence-electron chi connectivity index (χ4n) is 2.42. The molecule has 0 saturated heterocycles. The Morgan fingerprint density at radius 3 is 2.04 bits per heavy atom. The quantitative estimate of drug-likeness (QED) is 0.603. The van der Waals surface area contributed by atoms with Gasteiger partial charge in [0.1, 0.15) is 6.42 Å². The summed E-state index contributed by atoms with van der Waals surface area (Å²) < 4.78 is 0. The fraction of sp³-hybridized carbons (Fsp3) is 0.143. The lowest BCUT2D eigenvalue weighted by Gasteiger charge is -2.25. The summed E-state index contributed by atoms with van der Waals surface area (Å²) >= 11 is 0. The number of benzene rings is 1. The van der Waals surface area contributed by atoms with E-state index in [1.165, 1.54) is 12.1 Å². The van der Waals surface area contributed by atoms with E-state index in [4.69, 9.17) is 5.11 Å². The molecule has 2 rings (SSSR count). The van der Waals surface area contributed by atoms with Gasteiger partial charge in [0.25, 0.3) is 5.70 Å². The maximum absolute atomic E-state index is 11.6. The van der Waals surface area contributed by atoms with Gasteiger partial charge in [0.05, 0.1) is 10.5 Å². The second-order valence-electron chi connectivity index (χ2n) is 4.98. The van der Waals surface area contributed by atoms with Crippen molar-refractivity contribution in [1.29, 1.82) is 0 Å². The van der Waals surface area contributed by atoms with Crippen LogP contribution in [-0.4, -0.2) is 37.5 Å². The number of carbonyl (C=O) groups is 2. The largest absolute Gasteiger partial charge is 0.478 e. The molecular formula is C14H10N2O8. The van der Waals surface area contributed by atoms with Crippen molar-refractivity contribution in [2.24, 2.45) is 0 Å². The highest BCUT2D eigenvalue weighted by Gasteiger charge is 2.59. The van der Waals surface area contributed by atoms with Gasteiger partial charge in [-0.3, -0.25) is 20.2 Å². The van der Waals surface area contributed by atoms with E-state index < -0.39 is 39.4 Å². The third-order valence-electron chi connectivity index (χ3n) is 3.67. The average Bonchev–Trinajstić information content (AvgIpc) is 2.53. The van der Waals surface area contributed by atoms with Gasteiger partial charge in [0.2, 0.25) is 0 Å². The molecule has 0 radical (unpaired) electrons. The number of nitro groups is 2. The van der Waals surface area contributed by atoms with E-state index in [1.54, 1.807) is 0 Å². The maximum Gasteiger partial charge on any atom is 0.388 e. The summed E-state index contributed by atoms with van der Waals surface area (Å²) in [5.74, 6) is -3.05. The minimum Gasteiger partial charge on any atom is -0.478 e. The molecule has 0 fully saturated rings. The van der Waals surface area contributed by atoms with Gasteiger partial charge in [-0.1, -0.05) is 12.1 Å². The van der Waals surface area contributed by atoms with Crippen LogP contribution in [-0.2, 0) is 4.79 Å². The predicted molar refractivity (Wildman–Crippen MR) is 78.4 cm³/mol. The molecule has 0 saturated carbocycles. The van der Waals surface area contributed by atoms with Gasteiger partial charge in [-0.05, 0) is 23.8 Å². The number of allylic oxidation sites excluding steroid dienone is 2. The van der Waals surface area contributed by atoms with Crippen molar-refractivity contribution >= 4 is 17.5 Å². The third kappa shape index (κ3) is 2.60. The van der Waals surface area contributed by atoms with Crippen LogP contribution in [0.2, 0.25) is 0 Å². The fourth-order valence-corrected chi connectivity index (χ4v) is 2.42. The molecule has 0 bridgehead atoms. The summed E-state index contributed by atoms with van der Waals surface area (Å²) in [5.41, 5.74) is -3.57. The zero-order valence-corrected chi connectivity index (χ0v) is 11.9. The van der Waals surface area contributed by atoms with Crippen LogP contribution in [0.4, 0.5) is 0 Å². The van der Waals surface area contributed by atoms with Crippen molar-refractivity contribution in [2.75, 3.05) is 0 Å². The monoisotopic (exact) mass is 334 g/mol. The molecule has 1 unspecified atom stereocenters. The van der Waals surface area contributed by atoms with Gasteiger partial charge in [-0.15, -0.1) is 0 Å². The van der Waals surface area contributed by atoms with Crippen molar-refractivity contribution in [3.05, 3.63) is 73.5 Å². The Labute approximate surface area is 133 Å². The van der Waals surface area contributed by atoms with Gasteiger partial charge < -0.3 is 10.2 Å². The Morgan fingerprint density at radius 1 is 1.04 bits per heavy atom. The number of rotatable bonds is 5. The smallest absolute Gasteiger partial charge is 0.388 e. The van der Waals surface area contributed by atoms with Gasteiger partial charge >= 0.3 is 17.5 Å². The van der Waals surface area contributed by atoms with E-state index in [-0.39, 0.29) is 16.7 Å². The molecule has 0 aromatic heterocycles. The molecule has 1 aromatic carbocycles. The Balaban J connectivity index is 2.65. The highest BCUT2D eigenvalue weighted by Crippen LogP contribution is 2.39. The van der Waals surface area contributed by atoms with Gasteiger partial charge in [0, 0.05) is 16.6 Å². The molecule has 1 aliphatic carbocycles.